The molecule has 0 aliphatic rings. The van der Waals surface area contributed by atoms with E-state index < -0.39 is 34.9 Å². The smallest absolute Gasteiger partial charge is 0.275 e. The van der Waals surface area contributed by atoms with Crippen molar-refractivity contribution >= 4 is 22.9 Å². The molecule has 134 valence electrons. The van der Waals surface area contributed by atoms with Gasteiger partial charge in [0.1, 0.15) is 22.3 Å². The summed E-state index contributed by atoms with van der Waals surface area (Å²) in [6, 6.07) is 5.11. The molecule has 1 heterocycles. The SMILES string of the molecule is COc1c(F)cc(NC(=O)c2csc(-c3c(F)cccc3F)n2)cc1F. The van der Waals surface area contributed by atoms with Crippen LogP contribution in [0.3, 0.4) is 0 Å². The van der Waals surface area contributed by atoms with Crippen molar-refractivity contribution in [3.63, 3.8) is 0 Å². The number of hydrogen-bond acceptors (Lipinski definition) is 4. The number of ether oxygens (including phenoxy) is 1. The second kappa shape index (κ2) is 7.12. The van der Waals surface area contributed by atoms with Crippen molar-refractivity contribution in [2.75, 3.05) is 12.4 Å². The fourth-order valence-electron chi connectivity index (χ4n) is 2.22. The lowest BCUT2D eigenvalue weighted by atomic mass is 10.2. The predicted molar refractivity (Wildman–Crippen MR) is 88.3 cm³/mol. The minimum Gasteiger partial charge on any atom is -0.491 e. The Hall–Kier alpha value is -2.94. The molecule has 2 aromatic carbocycles. The highest BCUT2D eigenvalue weighted by atomic mass is 32.1. The number of amides is 1. The summed E-state index contributed by atoms with van der Waals surface area (Å²) >= 11 is 0.862. The minimum atomic E-state index is -0.991. The fourth-order valence-corrected chi connectivity index (χ4v) is 3.06. The van der Waals surface area contributed by atoms with Crippen molar-refractivity contribution in [2.45, 2.75) is 0 Å². The maximum absolute atomic E-state index is 13.8. The van der Waals surface area contributed by atoms with Crippen molar-refractivity contribution in [3.8, 4) is 16.3 Å². The Morgan fingerprint density at radius 2 is 1.69 bits per heavy atom. The first-order valence-electron chi connectivity index (χ1n) is 7.15. The number of nitrogens with zero attached hydrogens (tertiary/aromatic N) is 1. The van der Waals surface area contributed by atoms with E-state index in [1.807, 2.05) is 0 Å². The van der Waals surface area contributed by atoms with E-state index in [4.69, 9.17) is 0 Å². The molecule has 0 saturated carbocycles. The number of anilines is 1. The largest absolute Gasteiger partial charge is 0.491 e. The van der Waals surface area contributed by atoms with E-state index in [0.717, 1.165) is 42.7 Å². The van der Waals surface area contributed by atoms with Crippen LogP contribution in [-0.4, -0.2) is 18.0 Å². The highest BCUT2D eigenvalue weighted by Gasteiger charge is 2.19. The molecule has 3 aromatic rings. The third kappa shape index (κ3) is 3.38. The van der Waals surface area contributed by atoms with Crippen LogP contribution in [0.2, 0.25) is 0 Å². The number of halogens is 4. The molecule has 0 unspecified atom stereocenters. The van der Waals surface area contributed by atoms with Crippen LogP contribution in [0, 0.1) is 23.3 Å². The molecule has 4 nitrogen and oxygen atoms in total. The van der Waals surface area contributed by atoms with E-state index >= 15 is 0 Å². The molecule has 0 atom stereocenters. The highest BCUT2D eigenvalue weighted by Crippen LogP contribution is 2.30. The van der Waals surface area contributed by atoms with Gasteiger partial charge in [0.05, 0.1) is 12.7 Å². The van der Waals surface area contributed by atoms with Gasteiger partial charge in [-0.3, -0.25) is 4.79 Å². The van der Waals surface area contributed by atoms with E-state index in [1.54, 1.807) is 0 Å². The molecular formula is C17H10F4N2O2S. The average Bonchev–Trinajstić information content (AvgIpc) is 3.04. The normalized spacial score (nSPS) is 10.7. The van der Waals surface area contributed by atoms with Gasteiger partial charge >= 0.3 is 0 Å². The lowest BCUT2D eigenvalue weighted by Gasteiger charge is -2.07. The van der Waals surface area contributed by atoms with Gasteiger partial charge in [0.25, 0.3) is 5.91 Å². The summed E-state index contributed by atoms with van der Waals surface area (Å²) in [5.74, 6) is -4.97. The van der Waals surface area contributed by atoms with Crippen molar-refractivity contribution in [1.29, 1.82) is 0 Å². The summed E-state index contributed by atoms with van der Waals surface area (Å²) in [6.45, 7) is 0. The number of methoxy groups -OCH3 is 1. The molecule has 1 amide bonds. The van der Waals surface area contributed by atoms with E-state index in [2.05, 4.69) is 15.0 Å². The second-order valence-corrected chi connectivity index (χ2v) is 5.92. The van der Waals surface area contributed by atoms with Gasteiger partial charge in [0, 0.05) is 23.2 Å². The van der Waals surface area contributed by atoms with Crippen molar-refractivity contribution in [1.82, 2.24) is 4.98 Å². The highest BCUT2D eigenvalue weighted by molar-refractivity contribution is 7.13. The molecule has 0 radical (unpaired) electrons. The molecular weight excluding hydrogens is 372 g/mol. The Bertz CT molecular complexity index is 947. The molecule has 0 saturated heterocycles. The van der Waals surface area contributed by atoms with E-state index in [9.17, 15) is 22.4 Å². The predicted octanol–water partition coefficient (Wildman–Crippen LogP) is 4.63. The summed E-state index contributed by atoms with van der Waals surface area (Å²) < 4.78 is 59.5. The molecule has 26 heavy (non-hydrogen) atoms. The average molecular weight is 382 g/mol. The monoisotopic (exact) mass is 382 g/mol. The van der Waals surface area contributed by atoms with Gasteiger partial charge < -0.3 is 10.1 Å². The van der Waals surface area contributed by atoms with Crippen LogP contribution in [0.4, 0.5) is 23.2 Å². The number of hydrogen-bond donors (Lipinski definition) is 1. The van der Waals surface area contributed by atoms with Crippen LogP contribution in [0.1, 0.15) is 10.5 Å². The quantitative estimate of drug-likeness (QED) is 0.670. The standard InChI is InChI=1S/C17H10F4N2O2S/c1-25-15-11(20)5-8(6-12(15)21)22-16(24)13-7-26-17(23-13)14-9(18)3-2-4-10(14)19/h2-7H,1H3,(H,22,24). The molecule has 3 rings (SSSR count). The Balaban J connectivity index is 1.85. The van der Waals surface area contributed by atoms with Crippen LogP contribution in [-0.2, 0) is 0 Å². The first-order chi connectivity index (χ1) is 12.4. The summed E-state index contributed by atoms with van der Waals surface area (Å²) in [5.41, 5.74) is -0.653. The van der Waals surface area contributed by atoms with Crippen LogP contribution < -0.4 is 10.1 Å². The van der Waals surface area contributed by atoms with Crippen molar-refractivity contribution < 1.29 is 27.1 Å². The summed E-state index contributed by atoms with van der Waals surface area (Å²) in [4.78, 5) is 16.1. The zero-order valence-corrected chi connectivity index (χ0v) is 14.0. The number of nitrogens with one attached hydrogen (secondary N) is 1. The summed E-state index contributed by atoms with van der Waals surface area (Å²) in [7, 11) is 1.11. The number of benzene rings is 2. The zero-order chi connectivity index (χ0) is 18.8. The van der Waals surface area contributed by atoms with E-state index in [-0.39, 0.29) is 22.0 Å². The Kier molecular flexibility index (Phi) is 4.90. The molecule has 0 spiro atoms. The molecule has 1 aromatic heterocycles. The first-order valence-corrected chi connectivity index (χ1v) is 8.03. The molecule has 1 N–H and O–H groups in total. The first kappa shape index (κ1) is 17.9. The Labute approximate surface area is 149 Å². The lowest BCUT2D eigenvalue weighted by Crippen LogP contribution is -2.13. The van der Waals surface area contributed by atoms with Crippen molar-refractivity contribution in [3.05, 3.63) is 64.7 Å². The van der Waals surface area contributed by atoms with Crippen LogP contribution in [0.25, 0.3) is 10.6 Å². The van der Waals surface area contributed by atoms with Gasteiger partial charge in [-0.05, 0) is 12.1 Å². The maximum atomic E-state index is 13.8. The lowest BCUT2D eigenvalue weighted by molar-refractivity contribution is 0.102. The summed E-state index contributed by atoms with van der Waals surface area (Å²) in [5, 5.41) is 3.52. The molecule has 9 heteroatoms. The zero-order valence-electron chi connectivity index (χ0n) is 13.1. The number of rotatable bonds is 4. The summed E-state index contributed by atoms with van der Waals surface area (Å²) in [6.07, 6.45) is 0. The third-order valence-corrected chi connectivity index (χ3v) is 4.23. The topological polar surface area (TPSA) is 51.2 Å². The maximum Gasteiger partial charge on any atom is 0.275 e. The van der Waals surface area contributed by atoms with Crippen molar-refractivity contribution in [2.24, 2.45) is 0 Å². The molecule has 0 aliphatic carbocycles. The molecule has 0 bridgehead atoms. The Morgan fingerprint density at radius 1 is 1.08 bits per heavy atom. The molecule has 0 fully saturated rings. The van der Waals surface area contributed by atoms with Gasteiger partial charge in [-0.15, -0.1) is 11.3 Å². The van der Waals surface area contributed by atoms with E-state index in [1.165, 1.54) is 11.4 Å². The fraction of sp³-hybridized carbons (Fsp3) is 0.0588. The van der Waals surface area contributed by atoms with Gasteiger partial charge in [0.15, 0.2) is 17.4 Å². The van der Waals surface area contributed by atoms with Gasteiger partial charge in [0.2, 0.25) is 0 Å². The van der Waals surface area contributed by atoms with Crippen LogP contribution in [0.15, 0.2) is 35.7 Å². The number of thiazole rings is 1. The number of carbonyl (C=O) groups is 1. The second-order valence-electron chi connectivity index (χ2n) is 5.06. The van der Waals surface area contributed by atoms with Gasteiger partial charge in [-0.25, -0.2) is 22.5 Å². The van der Waals surface area contributed by atoms with Crippen LogP contribution in [0.5, 0.6) is 5.75 Å². The number of aromatic nitrogens is 1. The van der Waals surface area contributed by atoms with Crippen LogP contribution >= 0.6 is 11.3 Å². The van der Waals surface area contributed by atoms with Gasteiger partial charge in [-0.2, -0.15) is 0 Å². The number of carbonyl (C=O) groups excluding carboxylic acids is 1. The van der Waals surface area contributed by atoms with Gasteiger partial charge in [-0.1, -0.05) is 6.07 Å². The molecule has 0 aliphatic heterocycles. The minimum absolute atomic E-state index is 0.0298. The third-order valence-electron chi connectivity index (χ3n) is 3.37. The Morgan fingerprint density at radius 3 is 2.27 bits per heavy atom. The van der Waals surface area contributed by atoms with E-state index in [0.29, 0.717) is 0 Å².